The van der Waals surface area contributed by atoms with Gasteiger partial charge in [0.15, 0.2) is 11.6 Å². The second-order valence-corrected chi connectivity index (χ2v) is 4.11. The van der Waals surface area contributed by atoms with Crippen molar-refractivity contribution in [3.63, 3.8) is 0 Å². The van der Waals surface area contributed by atoms with E-state index in [4.69, 9.17) is 4.74 Å². The first kappa shape index (κ1) is 11.8. The van der Waals surface area contributed by atoms with E-state index in [-0.39, 0.29) is 11.4 Å². The van der Waals surface area contributed by atoms with Crippen LogP contribution in [0.2, 0.25) is 0 Å². The second-order valence-electron chi connectivity index (χ2n) is 4.11. The molecule has 0 saturated heterocycles. The third-order valence-electron chi connectivity index (χ3n) is 2.43. The molecule has 1 nitrogen and oxygen atoms in total. The zero-order valence-electron chi connectivity index (χ0n) is 9.51. The fraction of sp³-hybridized carbons (Fsp3) is 0.385. The van der Waals surface area contributed by atoms with Crippen LogP contribution in [0.3, 0.4) is 0 Å². The standard InChI is InChI=1S/C13H17FO/c1-5-10-7-8-12(11(14)9-10)15-13(3,4)6-2/h5,7-9H,1,6H2,2-4H3. The molecule has 0 saturated carbocycles. The Hall–Kier alpha value is -1.31. The Bertz CT molecular complexity index is 356. The topological polar surface area (TPSA) is 9.23 Å². The van der Waals surface area contributed by atoms with Crippen LogP contribution in [0.4, 0.5) is 4.39 Å². The molecule has 0 spiro atoms. The van der Waals surface area contributed by atoms with Gasteiger partial charge in [0.25, 0.3) is 0 Å². The van der Waals surface area contributed by atoms with Crippen LogP contribution in [0.5, 0.6) is 5.75 Å². The molecule has 0 aliphatic rings. The van der Waals surface area contributed by atoms with Crippen molar-refractivity contribution in [1.29, 1.82) is 0 Å². The summed E-state index contributed by atoms with van der Waals surface area (Å²) in [6.45, 7) is 9.47. The lowest BCUT2D eigenvalue weighted by atomic mass is 10.1. The molecule has 0 aliphatic carbocycles. The molecule has 0 N–H and O–H groups in total. The summed E-state index contributed by atoms with van der Waals surface area (Å²) in [5.74, 6) is -0.0404. The number of ether oxygens (including phenoxy) is 1. The summed E-state index contributed by atoms with van der Waals surface area (Å²) >= 11 is 0. The van der Waals surface area contributed by atoms with Crippen LogP contribution in [0, 0.1) is 5.82 Å². The fourth-order valence-corrected chi connectivity index (χ4v) is 1.10. The Morgan fingerprint density at radius 1 is 1.47 bits per heavy atom. The summed E-state index contributed by atoms with van der Waals surface area (Å²) in [5, 5.41) is 0. The van der Waals surface area contributed by atoms with Gasteiger partial charge in [-0.25, -0.2) is 4.39 Å². The molecule has 0 heterocycles. The molecule has 1 aromatic carbocycles. The summed E-state index contributed by atoms with van der Waals surface area (Å²) in [7, 11) is 0. The molecule has 0 fully saturated rings. The Morgan fingerprint density at radius 3 is 2.60 bits per heavy atom. The van der Waals surface area contributed by atoms with Crippen molar-refractivity contribution < 1.29 is 9.13 Å². The third-order valence-corrected chi connectivity index (χ3v) is 2.43. The minimum Gasteiger partial charge on any atom is -0.485 e. The normalized spacial score (nSPS) is 11.2. The smallest absolute Gasteiger partial charge is 0.165 e. The predicted molar refractivity (Wildman–Crippen MR) is 61.5 cm³/mol. The van der Waals surface area contributed by atoms with Gasteiger partial charge in [-0.05, 0) is 38.0 Å². The lowest BCUT2D eigenvalue weighted by Crippen LogP contribution is -2.27. The van der Waals surface area contributed by atoms with E-state index < -0.39 is 0 Å². The largest absolute Gasteiger partial charge is 0.485 e. The summed E-state index contributed by atoms with van der Waals surface area (Å²) in [6, 6.07) is 4.86. The van der Waals surface area contributed by atoms with Crippen LogP contribution in [0.15, 0.2) is 24.8 Å². The van der Waals surface area contributed by atoms with Crippen LogP contribution in [0.25, 0.3) is 6.08 Å². The number of rotatable bonds is 4. The molecule has 0 amide bonds. The molecule has 15 heavy (non-hydrogen) atoms. The Morgan fingerprint density at radius 2 is 2.13 bits per heavy atom. The third kappa shape index (κ3) is 3.08. The van der Waals surface area contributed by atoms with E-state index in [1.165, 1.54) is 6.07 Å². The van der Waals surface area contributed by atoms with Gasteiger partial charge in [-0.3, -0.25) is 0 Å². The molecule has 2 heteroatoms. The van der Waals surface area contributed by atoms with Crippen molar-refractivity contribution in [2.45, 2.75) is 32.8 Å². The van der Waals surface area contributed by atoms with Gasteiger partial charge in [0, 0.05) is 0 Å². The molecule has 1 aromatic rings. The zero-order chi connectivity index (χ0) is 11.5. The maximum absolute atomic E-state index is 13.5. The molecule has 1 rings (SSSR count). The van der Waals surface area contributed by atoms with Gasteiger partial charge < -0.3 is 4.74 Å². The van der Waals surface area contributed by atoms with Crippen molar-refractivity contribution in [2.75, 3.05) is 0 Å². The lowest BCUT2D eigenvalue weighted by Gasteiger charge is -2.25. The fourth-order valence-electron chi connectivity index (χ4n) is 1.10. The van der Waals surface area contributed by atoms with Gasteiger partial charge in [-0.15, -0.1) is 0 Å². The predicted octanol–water partition coefficient (Wildman–Crippen LogP) is 4.04. The first-order valence-corrected chi connectivity index (χ1v) is 5.09. The van der Waals surface area contributed by atoms with Crippen LogP contribution in [-0.4, -0.2) is 5.60 Å². The van der Waals surface area contributed by atoms with Gasteiger partial charge >= 0.3 is 0 Å². The minimum absolute atomic E-state index is 0.299. The van der Waals surface area contributed by atoms with E-state index in [9.17, 15) is 4.39 Å². The Balaban J connectivity index is 2.92. The molecular weight excluding hydrogens is 191 g/mol. The van der Waals surface area contributed by atoms with Crippen molar-refractivity contribution >= 4 is 6.08 Å². The summed E-state index contributed by atoms with van der Waals surface area (Å²) < 4.78 is 19.1. The van der Waals surface area contributed by atoms with Crippen molar-refractivity contribution in [3.8, 4) is 5.75 Å². The number of hydrogen-bond donors (Lipinski definition) is 0. The first-order valence-electron chi connectivity index (χ1n) is 5.09. The van der Waals surface area contributed by atoms with Crippen molar-refractivity contribution in [2.24, 2.45) is 0 Å². The van der Waals surface area contributed by atoms with E-state index in [1.807, 2.05) is 20.8 Å². The van der Waals surface area contributed by atoms with Gasteiger partial charge in [0.2, 0.25) is 0 Å². The molecule has 0 aliphatic heterocycles. The monoisotopic (exact) mass is 208 g/mol. The summed E-state index contributed by atoms with van der Waals surface area (Å²) in [4.78, 5) is 0. The highest BCUT2D eigenvalue weighted by atomic mass is 19.1. The van der Waals surface area contributed by atoms with Gasteiger partial charge in [0.05, 0.1) is 0 Å². The van der Waals surface area contributed by atoms with E-state index in [1.54, 1.807) is 18.2 Å². The van der Waals surface area contributed by atoms with Gasteiger partial charge in [-0.2, -0.15) is 0 Å². The molecule has 0 unspecified atom stereocenters. The number of hydrogen-bond acceptors (Lipinski definition) is 1. The van der Waals surface area contributed by atoms with Gasteiger partial charge in [0.1, 0.15) is 5.60 Å². The van der Waals surface area contributed by atoms with E-state index in [2.05, 4.69) is 6.58 Å². The lowest BCUT2D eigenvalue weighted by molar-refractivity contribution is 0.0995. The van der Waals surface area contributed by atoms with Crippen molar-refractivity contribution in [3.05, 3.63) is 36.2 Å². The average molecular weight is 208 g/mol. The number of halogens is 1. The van der Waals surface area contributed by atoms with Crippen LogP contribution < -0.4 is 4.74 Å². The van der Waals surface area contributed by atoms with Crippen LogP contribution in [-0.2, 0) is 0 Å². The zero-order valence-corrected chi connectivity index (χ0v) is 9.51. The molecular formula is C13H17FO. The van der Waals surface area contributed by atoms with E-state index in [0.29, 0.717) is 5.75 Å². The highest BCUT2D eigenvalue weighted by molar-refractivity contribution is 5.48. The summed E-state index contributed by atoms with van der Waals surface area (Å²) in [6.07, 6.45) is 2.44. The SMILES string of the molecule is C=Cc1ccc(OC(C)(C)CC)c(F)c1. The van der Waals surface area contributed by atoms with Gasteiger partial charge in [-0.1, -0.05) is 25.6 Å². The van der Waals surface area contributed by atoms with Crippen LogP contribution in [0.1, 0.15) is 32.8 Å². The first-order chi connectivity index (χ1) is 6.98. The maximum Gasteiger partial charge on any atom is 0.165 e. The summed E-state index contributed by atoms with van der Waals surface area (Å²) in [5.41, 5.74) is 0.422. The molecule has 0 atom stereocenters. The molecule has 0 aromatic heterocycles. The quantitative estimate of drug-likeness (QED) is 0.725. The molecule has 0 radical (unpaired) electrons. The highest BCUT2D eigenvalue weighted by Crippen LogP contribution is 2.24. The average Bonchev–Trinajstić information content (AvgIpc) is 2.21. The highest BCUT2D eigenvalue weighted by Gasteiger charge is 2.18. The van der Waals surface area contributed by atoms with E-state index in [0.717, 1.165) is 12.0 Å². The van der Waals surface area contributed by atoms with Crippen molar-refractivity contribution in [1.82, 2.24) is 0 Å². The maximum atomic E-state index is 13.5. The second kappa shape index (κ2) is 4.47. The van der Waals surface area contributed by atoms with E-state index >= 15 is 0 Å². The van der Waals surface area contributed by atoms with Crippen LogP contribution >= 0.6 is 0 Å². The molecule has 82 valence electrons. The Kier molecular flexibility index (Phi) is 3.51. The minimum atomic E-state index is -0.339. The Labute approximate surface area is 90.6 Å². The molecule has 0 bridgehead atoms. The number of benzene rings is 1.